The third kappa shape index (κ3) is 1.16. The van der Waals surface area contributed by atoms with Gasteiger partial charge >= 0.3 is 0 Å². The predicted molar refractivity (Wildman–Crippen MR) is 35.6 cm³/mol. The zero-order valence-electron chi connectivity index (χ0n) is 4.24. The molecule has 0 spiro atoms. The van der Waals surface area contributed by atoms with Crippen LogP contribution in [0.3, 0.4) is 0 Å². The van der Waals surface area contributed by atoms with E-state index in [-0.39, 0.29) is 0 Å². The van der Waals surface area contributed by atoms with Crippen molar-refractivity contribution in [2.45, 2.75) is 0 Å². The first-order chi connectivity index (χ1) is 3.93. The van der Waals surface area contributed by atoms with E-state index in [1.807, 2.05) is 12.3 Å². The summed E-state index contributed by atoms with van der Waals surface area (Å²) in [5.41, 5.74) is 2.69. The molecule has 0 unspecified atom stereocenters. The second-order valence-corrected chi connectivity index (χ2v) is 1.83. The molecule has 0 amide bonds. The average molecular weight is 128 g/mol. The van der Waals surface area contributed by atoms with Crippen molar-refractivity contribution in [3.63, 3.8) is 0 Å². The number of hydrogen-bond donors (Lipinski definition) is 1. The average Bonchev–Trinajstić information content (AvgIpc) is 1.90. The molecule has 0 aromatic carbocycles. The van der Waals surface area contributed by atoms with Gasteiger partial charge in [0.25, 0.3) is 0 Å². The molecule has 0 aromatic rings. The Balaban J connectivity index is 2.40. The van der Waals surface area contributed by atoms with Crippen molar-refractivity contribution in [3.8, 4) is 0 Å². The molecule has 0 bridgehead atoms. The minimum absolute atomic E-state index is 1.32. The fraction of sp³-hybridized carbons (Fsp3) is 0. The smallest absolute Gasteiger partial charge is 0.0504 e. The Bertz CT molecular complexity index is 120. The summed E-state index contributed by atoms with van der Waals surface area (Å²) in [7, 11) is 0. The van der Waals surface area contributed by atoms with E-state index < -0.39 is 0 Å². The maximum absolute atomic E-state index is 3.73. The number of nitrogens with zero attached hydrogens (tertiary/aromatic N) is 2. The number of allylic oxidation sites excluding steroid dienone is 1. The molecule has 3 nitrogen and oxygen atoms in total. The lowest BCUT2D eigenvalue weighted by Gasteiger charge is -2.15. The monoisotopic (exact) mass is 128 g/mol. The molecule has 1 N–H and O–H groups in total. The minimum atomic E-state index is 1.32. The Morgan fingerprint density at radius 1 is 1.75 bits per heavy atom. The molecular weight excluding hydrogens is 122 g/mol. The van der Waals surface area contributed by atoms with Gasteiger partial charge in [0, 0.05) is 12.5 Å². The molecule has 1 aliphatic rings. The summed E-state index contributed by atoms with van der Waals surface area (Å²) in [4.78, 5) is 0. The van der Waals surface area contributed by atoms with Crippen LogP contribution in [0, 0.1) is 6.26 Å². The zero-order chi connectivity index (χ0) is 5.82. The van der Waals surface area contributed by atoms with Gasteiger partial charge in [-0.1, -0.05) is 0 Å². The Kier molecular flexibility index (Phi) is 1.80. The summed E-state index contributed by atoms with van der Waals surface area (Å²) in [6, 6.07) is 0. The van der Waals surface area contributed by atoms with Crippen LogP contribution in [0.15, 0.2) is 17.4 Å². The normalized spacial score (nSPS) is 16.4. The lowest BCUT2D eigenvalue weighted by molar-refractivity contribution is 0.469. The van der Waals surface area contributed by atoms with Crippen LogP contribution in [-0.4, -0.2) is 10.6 Å². The van der Waals surface area contributed by atoms with Gasteiger partial charge in [-0.05, 0) is 18.0 Å². The lowest BCUT2D eigenvalue weighted by atomic mass is 10.7. The molecule has 0 saturated carbocycles. The van der Waals surface area contributed by atoms with Gasteiger partial charge in [0.2, 0.25) is 0 Å². The van der Waals surface area contributed by atoms with Crippen LogP contribution in [0.1, 0.15) is 0 Å². The fourth-order valence-corrected chi connectivity index (χ4v) is 0.616. The first kappa shape index (κ1) is 5.50. The molecule has 0 aromatic heterocycles. The Morgan fingerprint density at radius 3 is 3.00 bits per heavy atom. The Hall–Kier alpha value is -0.640. The standard InChI is InChI=1S/C4H6N3S/c1-8-7-4-2-3-5-6-7/h2-4,6H,1H2. The van der Waals surface area contributed by atoms with Crippen molar-refractivity contribution < 1.29 is 0 Å². The van der Waals surface area contributed by atoms with Crippen LogP contribution >= 0.6 is 11.9 Å². The highest BCUT2D eigenvalue weighted by Crippen LogP contribution is 2.03. The van der Waals surface area contributed by atoms with Crippen LogP contribution in [0.25, 0.3) is 0 Å². The van der Waals surface area contributed by atoms with Crippen molar-refractivity contribution in [1.29, 1.82) is 0 Å². The summed E-state index contributed by atoms with van der Waals surface area (Å²) in [6.07, 6.45) is 8.90. The van der Waals surface area contributed by atoms with E-state index in [1.165, 1.54) is 11.9 Å². The van der Waals surface area contributed by atoms with Crippen molar-refractivity contribution in [3.05, 3.63) is 18.5 Å². The molecule has 1 radical (unpaired) electrons. The van der Waals surface area contributed by atoms with Crippen molar-refractivity contribution in [2.24, 2.45) is 5.10 Å². The molecule has 1 rings (SSSR count). The molecule has 0 saturated heterocycles. The zero-order valence-corrected chi connectivity index (χ0v) is 5.06. The number of hydrazone groups is 1. The lowest BCUT2D eigenvalue weighted by Crippen LogP contribution is -2.23. The number of hydrazine groups is 1. The van der Waals surface area contributed by atoms with E-state index >= 15 is 0 Å². The predicted octanol–water partition coefficient (Wildman–Crippen LogP) is 0.746. The third-order valence-electron chi connectivity index (χ3n) is 0.677. The van der Waals surface area contributed by atoms with Crippen molar-refractivity contribution >= 4 is 18.2 Å². The quantitative estimate of drug-likeness (QED) is 0.528. The number of rotatable bonds is 1. The van der Waals surface area contributed by atoms with Gasteiger partial charge < -0.3 is 0 Å². The SMILES string of the molecule is [CH2]SN1C=CC=NN1. The molecule has 1 heterocycles. The second-order valence-electron chi connectivity index (χ2n) is 1.17. The Morgan fingerprint density at radius 2 is 2.62 bits per heavy atom. The maximum Gasteiger partial charge on any atom is 0.0504 e. The van der Waals surface area contributed by atoms with Crippen LogP contribution in [0.5, 0.6) is 0 Å². The van der Waals surface area contributed by atoms with Gasteiger partial charge in [-0.2, -0.15) is 5.10 Å². The highest BCUT2D eigenvalue weighted by Gasteiger charge is 1.92. The maximum atomic E-state index is 3.73. The van der Waals surface area contributed by atoms with Gasteiger partial charge in [-0.25, -0.2) is 9.95 Å². The first-order valence-electron chi connectivity index (χ1n) is 2.10. The van der Waals surface area contributed by atoms with E-state index in [4.69, 9.17) is 0 Å². The van der Waals surface area contributed by atoms with Crippen molar-refractivity contribution in [1.82, 2.24) is 9.95 Å². The van der Waals surface area contributed by atoms with Gasteiger partial charge in [0.05, 0.1) is 6.21 Å². The first-order valence-corrected chi connectivity index (χ1v) is 3.04. The summed E-state index contributed by atoms with van der Waals surface area (Å²) in [5, 5.41) is 3.73. The van der Waals surface area contributed by atoms with Gasteiger partial charge in [0.15, 0.2) is 0 Å². The molecular formula is C4H6N3S. The molecule has 0 atom stereocenters. The van der Waals surface area contributed by atoms with Gasteiger partial charge in [-0.15, -0.1) is 0 Å². The topological polar surface area (TPSA) is 27.6 Å². The molecule has 0 fully saturated rings. The highest BCUT2D eigenvalue weighted by molar-refractivity contribution is 7.98. The molecule has 4 heteroatoms. The molecule has 43 valence electrons. The van der Waals surface area contributed by atoms with Gasteiger partial charge in [-0.3, -0.25) is 0 Å². The summed E-state index contributed by atoms with van der Waals surface area (Å²) in [5.74, 6) is 0. The van der Waals surface area contributed by atoms with Crippen LogP contribution < -0.4 is 5.53 Å². The molecule has 8 heavy (non-hydrogen) atoms. The molecule has 0 aliphatic carbocycles. The van der Waals surface area contributed by atoms with E-state index in [0.29, 0.717) is 0 Å². The molecule has 1 aliphatic heterocycles. The minimum Gasteiger partial charge on any atom is -0.221 e. The van der Waals surface area contributed by atoms with E-state index in [1.54, 1.807) is 10.6 Å². The summed E-state index contributed by atoms with van der Waals surface area (Å²) >= 11 is 1.32. The summed E-state index contributed by atoms with van der Waals surface area (Å²) < 4.78 is 1.69. The van der Waals surface area contributed by atoms with Crippen LogP contribution in [0.4, 0.5) is 0 Å². The Labute approximate surface area is 52.5 Å². The van der Waals surface area contributed by atoms with Crippen LogP contribution in [0.2, 0.25) is 0 Å². The van der Waals surface area contributed by atoms with Crippen molar-refractivity contribution in [2.75, 3.05) is 0 Å². The summed E-state index contributed by atoms with van der Waals surface area (Å²) in [6.45, 7) is 0. The highest BCUT2D eigenvalue weighted by atomic mass is 32.2. The second kappa shape index (κ2) is 2.61. The number of hydrogen-bond acceptors (Lipinski definition) is 4. The number of nitrogens with one attached hydrogen (secondary N) is 1. The van der Waals surface area contributed by atoms with E-state index in [9.17, 15) is 0 Å². The van der Waals surface area contributed by atoms with Crippen LogP contribution in [-0.2, 0) is 0 Å². The van der Waals surface area contributed by atoms with E-state index in [0.717, 1.165) is 0 Å². The van der Waals surface area contributed by atoms with E-state index in [2.05, 4.69) is 16.9 Å². The van der Waals surface area contributed by atoms with Gasteiger partial charge in [0.1, 0.15) is 0 Å². The third-order valence-corrected chi connectivity index (χ3v) is 1.16. The fourth-order valence-electron chi connectivity index (χ4n) is 0.355. The largest absolute Gasteiger partial charge is 0.221 e.